The lowest BCUT2D eigenvalue weighted by Gasteiger charge is -2.28. The predicted octanol–water partition coefficient (Wildman–Crippen LogP) is 4.42. The molecular weight excluding hydrogens is 350 g/mol. The summed E-state index contributed by atoms with van der Waals surface area (Å²) in [6.45, 7) is 8.61. The Kier molecular flexibility index (Phi) is 7.76. The summed E-state index contributed by atoms with van der Waals surface area (Å²) in [5.41, 5.74) is 8.36. The number of urea groups is 1. The van der Waals surface area contributed by atoms with Gasteiger partial charge >= 0.3 is 6.03 Å². The molecule has 0 unspecified atom stereocenters. The van der Waals surface area contributed by atoms with Gasteiger partial charge in [-0.3, -0.25) is 15.4 Å². The molecule has 0 aliphatic heterocycles. The van der Waals surface area contributed by atoms with Gasteiger partial charge in [0.1, 0.15) is 6.04 Å². The lowest BCUT2D eigenvalue weighted by Crippen LogP contribution is -2.44. The number of amides is 3. The lowest BCUT2D eigenvalue weighted by atomic mass is 9.91. The van der Waals surface area contributed by atoms with Crippen LogP contribution in [0.15, 0.2) is 54.6 Å². The van der Waals surface area contributed by atoms with E-state index in [0.29, 0.717) is 5.92 Å². The molecule has 2 aromatic rings. The summed E-state index contributed by atoms with van der Waals surface area (Å²) in [6.07, 6.45) is 1.09. The van der Waals surface area contributed by atoms with E-state index in [1.54, 1.807) is 0 Å². The highest BCUT2D eigenvalue weighted by atomic mass is 16.2. The molecule has 0 aliphatic carbocycles. The van der Waals surface area contributed by atoms with Crippen LogP contribution in [0.3, 0.4) is 0 Å². The van der Waals surface area contributed by atoms with Gasteiger partial charge in [-0.2, -0.15) is 0 Å². The molecule has 28 heavy (non-hydrogen) atoms. The standard InChI is InChI=1S/C23H31N3O2/c1-5-16(4)17-11-13-19(14-12-17)20(15(2)3)25-21(22(27)26-23(24)28)18-9-7-6-8-10-18/h6-16,20-21,25H,5H2,1-4H3,(H3,24,26,27,28)/t16-,20+,21-/m0/s1. The topological polar surface area (TPSA) is 84.2 Å². The summed E-state index contributed by atoms with van der Waals surface area (Å²) < 4.78 is 0. The summed E-state index contributed by atoms with van der Waals surface area (Å²) in [4.78, 5) is 23.9. The number of primary amides is 1. The van der Waals surface area contributed by atoms with Crippen molar-refractivity contribution >= 4 is 11.9 Å². The fraction of sp³-hybridized carbons (Fsp3) is 0.391. The highest BCUT2D eigenvalue weighted by molar-refractivity contribution is 5.96. The zero-order valence-electron chi connectivity index (χ0n) is 17.1. The van der Waals surface area contributed by atoms with Gasteiger partial charge in [0.15, 0.2) is 0 Å². The number of nitrogens with one attached hydrogen (secondary N) is 2. The normalized spacial score (nSPS) is 14.3. The Morgan fingerprint density at radius 3 is 1.96 bits per heavy atom. The Hall–Kier alpha value is -2.66. The van der Waals surface area contributed by atoms with E-state index >= 15 is 0 Å². The van der Waals surface area contributed by atoms with Crippen molar-refractivity contribution in [3.63, 3.8) is 0 Å². The number of benzene rings is 2. The predicted molar refractivity (Wildman–Crippen MR) is 113 cm³/mol. The van der Waals surface area contributed by atoms with Crippen LogP contribution < -0.4 is 16.4 Å². The number of hydrogen-bond donors (Lipinski definition) is 3. The first-order valence-electron chi connectivity index (χ1n) is 9.84. The molecule has 0 fully saturated rings. The second-order valence-corrected chi connectivity index (χ2v) is 7.56. The van der Waals surface area contributed by atoms with Crippen molar-refractivity contribution < 1.29 is 9.59 Å². The van der Waals surface area contributed by atoms with Crippen molar-refractivity contribution in [2.75, 3.05) is 0 Å². The van der Waals surface area contributed by atoms with E-state index in [9.17, 15) is 9.59 Å². The summed E-state index contributed by atoms with van der Waals surface area (Å²) in [6, 6.07) is 16.3. The molecule has 0 radical (unpaired) electrons. The van der Waals surface area contributed by atoms with Crippen LogP contribution in [0.4, 0.5) is 4.79 Å². The highest BCUT2D eigenvalue weighted by Crippen LogP contribution is 2.28. The van der Waals surface area contributed by atoms with Crippen LogP contribution in [-0.2, 0) is 4.79 Å². The smallest absolute Gasteiger partial charge is 0.318 e. The lowest BCUT2D eigenvalue weighted by molar-refractivity contribution is -0.122. The number of imide groups is 1. The largest absolute Gasteiger partial charge is 0.351 e. The van der Waals surface area contributed by atoms with Gasteiger partial charge in [0.2, 0.25) is 5.91 Å². The minimum atomic E-state index is -0.855. The van der Waals surface area contributed by atoms with E-state index in [1.165, 1.54) is 5.56 Å². The maximum atomic E-state index is 12.7. The maximum Gasteiger partial charge on any atom is 0.318 e. The van der Waals surface area contributed by atoms with Crippen LogP contribution in [0.2, 0.25) is 0 Å². The third-order valence-corrected chi connectivity index (χ3v) is 5.13. The molecule has 0 bridgehead atoms. The van der Waals surface area contributed by atoms with Gasteiger partial charge in [0.05, 0.1) is 0 Å². The van der Waals surface area contributed by atoms with Gasteiger partial charge in [-0.1, -0.05) is 82.3 Å². The first kappa shape index (κ1) is 21.6. The van der Waals surface area contributed by atoms with Crippen LogP contribution in [0, 0.1) is 5.92 Å². The van der Waals surface area contributed by atoms with E-state index in [0.717, 1.165) is 17.5 Å². The highest BCUT2D eigenvalue weighted by Gasteiger charge is 2.27. The molecule has 5 heteroatoms. The Balaban J connectivity index is 2.32. The van der Waals surface area contributed by atoms with Crippen molar-refractivity contribution in [3.8, 4) is 0 Å². The van der Waals surface area contributed by atoms with Crippen LogP contribution in [0.1, 0.15) is 68.8 Å². The van der Waals surface area contributed by atoms with E-state index in [4.69, 9.17) is 5.73 Å². The Morgan fingerprint density at radius 1 is 0.893 bits per heavy atom. The zero-order chi connectivity index (χ0) is 20.7. The van der Waals surface area contributed by atoms with Gasteiger partial charge in [-0.25, -0.2) is 4.79 Å². The van der Waals surface area contributed by atoms with E-state index < -0.39 is 18.0 Å². The molecular formula is C23H31N3O2. The average Bonchev–Trinajstić information content (AvgIpc) is 2.68. The summed E-state index contributed by atoms with van der Waals surface area (Å²) in [5, 5.41) is 5.64. The first-order chi connectivity index (χ1) is 13.3. The third-order valence-electron chi connectivity index (χ3n) is 5.13. The number of carbonyl (C=O) groups excluding carboxylic acids is 2. The van der Waals surface area contributed by atoms with Crippen molar-refractivity contribution in [1.29, 1.82) is 0 Å². The molecule has 3 amide bonds. The summed E-state index contributed by atoms with van der Waals surface area (Å²) in [7, 11) is 0. The fourth-order valence-electron chi connectivity index (χ4n) is 3.28. The number of rotatable bonds is 8. The quantitative estimate of drug-likeness (QED) is 0.633. The van der Waals surface area contributed by atoms with Gasteiger partial charge in [-0.15, -0.1) is 0 Å². The second-order valence-electron chi connectivity index (χ2n) is 7.56. The number of hydrogen-bond acceptors (Lipinski definition) is 3. The Labute approximate surface area is 167 Å². The Morgan fingerprint density at radius 2 is 1.46 bits per heavy atom. The van der Waals surface area contributed by atoms with Gasteiger partial charge in [0, 0.05) is 6.04 Å². The molecule has 2 aromatic carbocycles. The number of carbonyl (C=O) groups is 2. The van der Waals surface area contributed by atoms with Gasteiger partial charge in [-0.05, 0) is 34.9 Å². The first-order valence-corrected chi connectivity index (χ1v) is 9.84. The van der Waals surface area contributed by atoms with Crippen molar-refractivity contribution in [3.05, 3.63) is 71.3 Å². The van der Waals surface area contributed by atoms with Gasteiger partial charge in [0.25, 0.3) is 0 Å². The molecule has 0 aromatic heterocycles. The fourth-order valence-corrected chi connectivity index (χ4v) is 3.28. The van der Waals surface area contributed by atoms with E-state index in [1.807, 2.05) is 30.3 Å². The Bertz CT molecular complexity index is 772. The monoisotopic (exact) mass is 381 g/mol. The van der Waals surface area contributed by atoms with Crippen molar-refractivity contribution in [1.82, 2.24) is 10.6 Å². The van der Waals surface area contributed by atoms with E-state index in [2.05, 4.69) is 62.6 Å². The molecule has 150 valence electrons. The van der Waals surface area contributed by atoms with E-state index in [-0.39, 0.29) is 12.0 Å². The molecule has 0 heterocycles. The summed E-state index contributed by atoms with van der Waals surface area (Å²) >= 11 is 0. The minimum absolute atomic E-state index is 0.0604. The van der Waals surface area contributed by atoms with Crippen molar-refractivity contribution in [2.45, 2.75) is 52.1 Å². The van der Waals surface area contributed by atoms with Gasteiger partial charge < -0.3 is 5.73 Å². The van der Waals surface area contributed by atoms with Crippen LogP contribution in [0.25, 0.3) is 0 Å². The second kappa shape index (κ2) is 10.0. The van der Waals surface area contributed by atoms with Crippen LogP contribution in [0.5, 0.6) is 0 Å². The van der Waals surface area contributed by atoms with Crippen LogP contribution in [-0.4, -0.2) is 11.9 Å². The molecule has 2 rings (SSSR count). The molecule has 0 aliphatic rings. The van der Waals surface area contributed by atoms with Crippen LogP contribution >= 0.6 is 0 Å². The third kappa shape index (κ3) is 5.67. The van der Waals surface area contributed by atoms with Crippen molar-refractivity contribution in [2.24, 2.45) is 11.7 Å². The molecule has 5 nitrogen and oxygen atoms in total. The molecule has 0 saturated carbocycles. The molecule has 4 N–H and O–H groups in total. The zero-order valence-corrected chi connectivity index (χ0v) is 17.1. The minimum Gasteiger partial charge on any atom is -0.351 e. The molecule has 0 saturated heterocycles. The summed E-state index contributed by atoms with van der Waals surface area (Å²) in [5.74, 6) is 0.292. The SMILES string of the molecule is CC[C@H](C)c1ccc([C@H](N[C@H](C(=O)NC(N)=O)c2ccccc2)C(C)C)cc1. The average molecular weight is 382 g/mol. The number of nitrogens with two attached hydrogens (primary N) is 1. The maximum absolute atomic E-state index is 12.7. The molecule has 0 spiro atoms. The molecule has 3 atom stereocenters.